The van der Waals surface area contributed by atoms with Crippen molar-refractivity contribution in [3.63, 3.8) is 0 Å². The van der Waals surface area contributed by atoms with Crippen LogP contribution in [0.25, 0.3) is 6.08 Å². The molecule has 2 aromatic rings. The third kappa shape index (κ3) is 6.14. The second kappa shape index (κ2) is 11.3. The molecule has 0 bridgehead atoms. The first kappa shape index (κ1) is 24.8. The number of imide groups is 1. The molecule has 1 saturated heterocycles. The number of hydrogen-bond acceptors (Lipinski definition) is 7. The van der Waals surface area contributed by atoms with Crippen molar-refractivity contribution in [2.45, 2.75) is 20.5 Å². The average molecular weight is 538 g/mol. The van der Waals surface area contributed by atoms with Gasteiger partial charge in [0.1, 0.15) is 19.0 Å². The van der Waals surface area contributed by atoms with E-state index in [1.165, 1.54) is 12.1 Å². The predicted octanol–water partition coefficient (Wildman–Crippen LogP) is 5.17. The quantitative estimate of drug-likeness (QED) is 0.322. The van der Waals surface area contributed by atoms with E-state index in [1.807, 2.05) is 6.92 Å². The summed E-state index contributed by atoms with van der Waals surface area (Å²) in [7, 11) is 0. The molecular weight excluding hydrogens is 517 g/mol. The third-order valence-corrected chi connectivity index (χ3v) is 5.92. The minimum Gasteiger partial charge on any atom is -0.490 e. The molecule has 2 amide bonds. The molecule has 7 nitrogen and oxygen atoms in total. The molecule has 0 saturated carbocycles. The molecule has 1 heterocycles. The number of nitrogens with zero attached hydrogens (tertiary/aromatic N) is 1. The molecule has 0 aliphatic carbocycles. The van der Waals surface area contributed by atoms with E-state index in [2.05, 4.69) is 15.9 Å². The number of hydrogen-bond donors (Lipinski definition) is 0. The molecule has 1 aliphatic heterocycles. The van der Waals surface area contributed by atoms with E-state index in [9.17, 15) is 18.8 Å². The molecule has 0 N–H and O–H groups in total. The van der Waals surface area contributed by atoms with Gasteiger partial charge in [0.2, 0.25) is 0 Å². The van der Waals surface area contributed by atoms with Crippen LogP contribution in [0.15, 0.2) is 45.8 Å². The topological polar surface area (TPSA) is 82.1 Å². The summed E-state index contributed by atoms with van der Waals surface area (Å²) in [5, 5.41) is -0.548. The van der Waals surface area contributed by atoms with E-state index < -0.39 is 23.7 Å². The van der Waals surface area contributed by atoms with Crippen LogP contribution in [0.3, 0.4) is 0 Å². The highest BCUT2D eigenvalue weighted by Crippen LogP contribution is 2.39. The Labute approximate surface area is 203 Å². The van der Waals surface area contributed by atoms with Crippen LogP contribution < -0.4 is 9.47 Å². The van der Waals surface area contributed by atoms with Gasteiger partial charge in [0.05, 0.1) is 22.6 Å². The highest BCUT2D eigenvalue weighted by Gasteiger charge is 2.36. The van der Waals surface area contributed by atoms with E-state index in [1.54, 1.807) is 37.3 Å². The molecule has 1 aliphatic rings. The van der Waals surface area contributed by atoms with Crippen LogP contribution in [0.1, 0.15) is 25.0 Å². The van der Waals surface area contributed by atoms with Gasteiger partial charge in [-0.1, -0.05) is 18.2 Å². The van der Waals surface area contributed by atoms with Crippen molar-refractivity contribution >= 4 is 50.9 Å². The monoisotopic (exact) mass is 537 g/mol. The molecule has 1 fully saturated rings. The molecule has 174 valence electrons. The largest absolute Gasteiger partial charge is 0.490 e. The normalized spacial score (nSPS) is 14.7. The Bertz CT molecular complexity index is 1110. The minimum atomic E-state index is -0.654. The van der Waals surface area contributed by atoms with Gasteiger partial charge in [0.25, 0.3) is 11.1 Å². The number of amides is 2. The Morgan fingerprint density at radius 2 is 1.91 bits per heavy atom. The Morgan fingerprint density at radius 3 is 2.61 bits per heavy atom. The first-order valence-corrected chi connectivity index (χ1v) is 11.7. The molecule has 3 rings (SSSR count). The highest BCUT2D eigenvalue weighted by atomic mass is 79.9. The second-order valence-corrected chi connectivity index (χ2v) is 8.56. The Balaban J connectivity index is 1.83. The van der Waals surface area contributed by atoms with Gasteiger partial charge in [-0.2, -0.15) is 0 Å². The summed E-state index contributed by atoms with van der Waals surface area (Å²) in [6.45, 7) is 3.52. The molecule has 0 atom stereocenters. The average Bonchev–Trinajstić information content (AvgIpc) is 3.02. The van der Waals surface area contributed by atoms with E-state index in [0.29, 0.717) is 33.7 Å². The zero-order valence-electron chi connectivity index (χ0n) is 17.9. The van der Waals surface area contributed by atoms with Gasteiger partial charge in [-0.05, 0) is 71.4 Å². The number of carbonyl (C=O) groups excluding carboxylic acids is 3. The highest BCUT2D eigenvalue weighted by molar-refractivity contribution is 9.10. The number of rotatable bonds is 9. The molecule has 0 unspecified atom stereocenters. The number of halogens is 2. The van der Waals surface area contributed by atoms with Crippen molar-refractivity contribution in [2.75, 3.05) is 19.8 Å². The van der Waals surface area contributed by atoms with Gasteiger partial charge in [-0.15, -0.1) is 0 Å². The molecule has 33 heavy (non-hydrogen) atoms. The molecule has 0 spiro atoms. The van der Waals surface area contributed by atoms with E-state index in [-0.39, 0.29) is 23.9 Å². The smallest absolute Gasteiger partial charge is 0.326 e. The lowest BCUT2D eigenvalue weighted by atomic mass is 10.1. The predicted molar refractivity (Wildman–Crippen MR) is 125 cm³/mol. The Morgan fingerprint density at radius 1 is 1.15 bits per heavy atom. The number of thioether (sulfide) groups is 1. The zero-order chi connectivity index (χ0) is 24.0. The number of ether oxygens (including phenoxy) is 3. The summed E-state index contributed by atoms with van der Waals surface area (Å²) in [6.07, 6.45) is 1.53. The SMILES string of the molecule is CCOC(=O)CN1C(=O)S/C(=C/c2cc(Br)c(OCc3ccccc3F)c(OCC)c2)C1=O. The maximum Gasteiger partial charge on any atom is 0.326 e. The first-order chi connectivity index (χ1) is 15.8. The lowest BCUT2D eigenvalue weighted by molar-refractivity contribution is -0.145. The summed E-state index contributed by atoms with van der Waals surface area (Å²) >= 11 is 4.18. The van der Waals surface area contributed by atoms with E-state index in [0.717, 1.165) is 16.7 Å². The van der Waals surface area contributed by atoms with Gasteiger partial charge < -0.3 is 14.2 Å². The van der Waals surface area contributed by atoms with E-state index in [4.69, 9.17) is 14.2 Å². The van der Waals surface area contributed by atoms with Crippen LogP contribution in [-0.4, -0.2) is 41.8 Å². The standard InChI is InChI=1S/C23H21BrFNO6S/c1-3-30-18-10-14(9-16(24)21(18)32-13-15-7-5-6-8-17(15)25)11-19-22(28)26(23(29)33-19)12-20(27)31-4-2/h5-11H,3-4,12-13H2,1-2H3/b19-11+. The van der Waals surface area contributed by atoms with Gasteiger partial charge in [0.15, 0.2) is 11.5 Å². The van der Waals surface area contributed by atoms with Crippen molar-refractivity contribution in [3.05, 3.63) is 62.7 Å². The lowest BCUT2D eigenvalue weighted by Gasteiger charge is -2.15. The van der Waals surface area contributed by atoms with Gasteiger partial charge in [-0.25, -0.2) is 4.39 Å². The van der Waals surface area contributed by atoms with Gasteiger partial charge in [-0.3, -0.25) is 19.3 Å². The van der Waals surface area contributed by atoms with Gasteiger partial charge >= 0.3 is 5.97 Å². The maximum absolute atomic E-state index is 13.9. The van der Waals surface area contributed by atoms with Crippen LogP contribution in [0, 0.1) is 5.82 Å². The maximum atomic E-state index is 13.9. The lowest BCUT2D eigenvalue weighted by Crippen LogP contribution is -2.34. The van der Waals surface area contributed by atoms with Gasteiger partial charge in [0, 0.05) is 5.56 Å². The summed E-state index contributed by atoms with van der Waals surface area (Å²) in [6, 6.07) is 9.66. The summed E-state index contributed by atoms with van der Waals surface area (Å²) < 4.78 is 30.8. The molecule has 0 aromatic heterocycles. The molecular formula is C23H21BrFNO6S. The van der Waals surface area contributed by atoms with Crippen molar-refractivity contribution in [1.29, 1.82) is 0 Å². The van der Waals surface area contributed by atoms with E-state index >= 15 is 0 Å². The fourth-order valence-electron chi connectivity index (χ4n) is 2.96. The van der Waals surface area contributed by atoms with Crippen molar-refractivity contribution in [1.82, 2.24) is 4.90 Å². The minimum absolute atomic E-state index is 0.00254. The fraction of sp³-hybridized carbons (Fsp3) is 0.261. The summed E-state index contributed by atoms with van der Waals surface area (Å²) in [5.74, 6) is -0.833. The van der Waals surface area contributed by atoms with Crippen molar-refractivity contribution in [2.24, 2.45) is 0 Å². The number of esters is 1. The van der Waals surface area contributed by atoms with Crippen LogP contribution >= 0.6 is 27.7 Å². The fourth-order valence-corrected chi connectivity index (χ4v) is 4.38. The molecule has 0 radical (unpaired) electrons. The number of carbonyl (C=O) groups is 3. The third-order valence-electron chi connectivity index (χ3n) is 4.43. The van der Waals surface area contributed by atoms with Crippen LogP contribution in [-0.2, 0) is 20.9 Å². The molecule has 10 heteroatoms. The first-order valence-electron chi connectivity index (χ1n) is 10.1. The summed E-state index contributed by atoms with van der Waals surface area (Å²) in [5.41, 5.74) is 0.969. The summed E-state index contributed by atoms with van der Waals surface area (Å²) in [4.78, 5) is 37.5. The Hall–Kier alpha value is -2.85. The number of benzene rings is 2. The van der Waals surface area contributed by atoms with Crippen LogP contribution in [0.2, 0.25) is 0 Å². The second-order valence-electron chi connectivity index (χ2n) is 6.72. The van der Waals surface area contributed by atoms with Crippen LogP contribution in [0.4, 0.5) is 9.18 Å². The van der Waals surface area contributed by atoms with Crippen LogP contribution in [0.5, 0.6) is 11.5 Å². The zero-order valence-corrected chi connectivity index (χ0v) is 20.3. The Kier molecular flexibility index (Phi) is 8.51. The van der Waals surface area contributed by atoms with Crippen molar-refractivity contribution < 1.29 is 33.0 Å². The molecule has 2 aromatic carbocycles. The van der Waals surface area contributed by atoms with Crippen molar-refractivity contribution in [3.8, 4) is 11.5 Å².